The van der Waals surface area contributed by atoms with E-state index in [1.807, 2.05) is 85.8 Å². The van der Waals surface area contributed by atoms with Crippen molar-refractivity contribution in [1.82, 2.24) is 4.90 Å². The molecule has 1 amide bonds. The van der Waals surface area contributed by atoms with Crippen LogP contribution in [0.4, 0.5) is 13.2 Å². The van der Waals surface area contributed by atoms with E-state index in [0.29, 0.717) is 6.61 Å². The topological polar surface area (TPSA) is 105 Å². The Morgan fingerprint density at radius 1 is 1.00 bits per heavy atom. The highest BCUT2D eigenvalue weighted by atomic mass is 19.4. The number of aliphatic carboxylic acids is 1. The van der Waals surface area contributed by atoms with E-state index in [0.717, 1.165) is 28.0 Å². The van der Waals surface area contributed by atoms with Gasteiger partial charge in [-0.1, -0.05) is 60.7 Å². The van der Waals surface area contributed by atoms with Gasteiger partial charge in [-0.15, -0.1) is 0 Å². The van der Waals surface area contributed by atoms with Gasteiger partial charge in [-0.25, -0.2) is 9.79 Å². The summed E-state index contributed by atoms with van der Waals surface area (Å²) in [6.45, 7) is 2.59. The van der Waals surface area contributed by atoms with Gasteiger partial charge in [0.15, 0.2) is 11.5 Å². The Morgan fingerprint density at radius 2 is 1.58 bits per heavy atom. The van der Waals surface area contributed by atoms with Gasteiger partial charge in [-0.2, -0.15) is 13.2 Å². The van der Waals surface area contributed by atoms with E-state index in [2.05, 4.69) is 4.99 Å². The van der Waals surface area contributed by atoms with Crippen molar-refractivity contribution in [3.05, 3.63) is 90.0 Å². The molecule has 0 aliphatic carbocycles. The summed E-state index contributed by atoms with van der Waals surface area (Å²) in [5.74, 6) is -1.87. The highest BCUT2D eigenvalue weighted by molar-refractivity contribution is 6.09. The summed E-state index contributed by atoms with van der Waals surface area (Å²) in [6.07, 6.45) is -5.08. The number of nitrogens with two attached hydrogens (primary N) is 1. The van der Waals surface area contributed by atoms with Gasteiger partial charge in [0.1, 0.15) is 5.75 Å². The average molecular weight is 499 g/mol. The molecular weight excluding hydrogens is 475 g/mol. The minimum Gasteiger partial charge on any atom is -0.494 e. The first-order valence-corrected chi connectivity index (χ1v) is 10.8. The molecule has 36 heavy (non-hydrogen) atoms. The van der Waals surface area contributed by atoms with E-state index in [-0.39, 0.29) is 11.9 Å². The van der Waals surface area contributed by atoms with Crippen molar-refractivity contribution in [2.24, 2.45) is 10.7 Å². The van der Waals surface area contributed by atoms with E-state index in [4.69, 9.17) is 20.4 Å². The molecule has 0 spiro atoms. The fourth-order valence-electron chi connectivity index (χ4n) is 3.70. The molecule has 0 saturated heterocycles. The maximum absolute atomic E-state index is 13.3. The van der Waals surface area contributed by atoms with Gasteiger partial charge >= 0.3 is 12.1 Å². The first-order chi connectivity index (χ1) is 17.0. The van der Waals surface area contributed by atoms with Gasteiger partial charge < -0.3 is 15.6 Å². The first kappa shape index (κ1) is 26.3. The molecule has 0 bridgehead atoms. The number of carboxylic acids is 1. The summed E-state index contributed by atoms with van der Waals surface area (Å²) in [5, 5.41) is 7.12. The lowest BCUT2D eigenvalue weighted by Gasteiger charge is -2.26. The Hall–Kier alpha value is -4.34. The first-order valence-electron chi connectivity index (χ1n) is 10.8. The number of hydrogen-bond acceptors (Lipinski definition) is 5. The third kappa shape index (κ3) is 5.32. The number of carbonyl (C=O) groups is 2. The summed E-state index contributed by atoms with van der Waals surface area (Å²) < 4.78 is 37.3. The van der Waals surface area contributed by atoms with Crippen LogP contribution in [0.1, 0.15) is 18.1 Å². The fourth-order valence-corrected chi connectivity index (χ4v) is 3.70. The number of carbonyl (C=O) groups excluding carboxylic acids is 1. The van der Waals surface area contributed by atoms with E-state index in [1.165, 1.54) is 4.90 Å². The number of benzene rings is 3. The molecule has 188 valence electrons. The summed E-state index contributed by atoms with van der Waals surface area (Å²) in [5.41, 5.74) is 8.49. The van der Waals surface area contributed by atoms with Gasteiger partial charge in [0.05, 0.1) is 6.61 Å². The maximum atomic E-state index is 13.3. The fraction of sp³-hybridized carbons (Fsp3) is 0.192. The van der Waals surface area contributed by atoms with Crippen molar-refractivity contribution in [2.75, 3.05) is 13.7 Å². The second kappa shape index (κ2) is 10.5. The van der Waals surface area contributed by atoms with Crippen LogP contribution in [0.2, 0.25) is 0 Å². The van der Waals surface area contributed by atoms with Crippen LogP contribution in [-0.2, 0) is 15.1 Å². The Morgan fingerprint density at radius 3 is 2.08 bits per heavy atom. The largest absolute Gasteiger partial charge is 0.494 e. The number of rotatable bonds is 5. The summed E-state index contributed by atoms with van der Waals surface area (Å²) in [6, 6.07) is 25.4. The molecule has 3 aromatic rings. The maximum Gasteiger partial charge on any atom is 0.490 e. The molecule has 1 aliphatic heterocycles. The molecule has 0 fully saturated rings. The molecule has 3 N–H and O–H groups in total. The van der Waals surface area contributed by atoms with Crippen LogP contribution >= 0.6 is 0 Å². The predicted octanol–water partition coefficient (Wildman–Crippen LogP) is 4.42. The van der Waals surface area contributed by atoms with Gasteiger partial charge in [0, 0.05) is 7.05 Å². The molecule has 7 nitrogen and oxygen atoms in total. The van der Waals surface area contributed by atoms with E-state index < -0.39 is 17.7 Å². The van der Waals surface area contributed by atoms with Crippen LogP contribution < -0.4 is 10.5 Å². The zero-order valence-electron chi connectivity index (χ0n) is 19.5. The molecule has 0 aromatic heterocycles. The highest BCUT2D eigenvalue weighted by Crippen LogP contribution is 2.40. The number of guanidine groups is 1. The van der Waals surface area contributed by atoms with Crippen molar-refractivity contribution in [1.29, 1.82) is 0 Å². The van der Waals surface area contributed by atoms with Gasteiger partial charge in [-0.3, -0.25) is 9.69 Å². The number of nitrogens with zero attached hydrogens (tertiary/aromatic N) is 2. The summed E-state index contributed by atoms with van der Waals surface area (Å²) in [7, 11) is 1.65. The lowest BCUT2D eigenvalue weighted by Crippen LogP contribution is -2.41. The normalized spacial score (nSPS) is 17.2. The Bertz CT molecular complexity index is 1260. The monoisotopic (exact) mass is 499 g/mol. The van der Waals surface area contributed by atoms with Crippen molar-refractivity contribution < 1.29 is 32.6 Å². The van der Waals surface area contributed by atoms with Gasteiger partial charge in [0.2, 0.25) is 0 Å². The SMILES string of the molecule is CCOc1ccc(-c2cccc(C3(c4ccccc4)N=C(N)N(C)C3=O)c2)cc1.O=C(O)C(F)(F)F. The lowest BCUT2D eigenvalue weighted by atomic mass is 9.82. The second-order valence-electron chi connectivity index (χ2n) is 7.75. The number of halogens is 3. The number of aliphatic imine (C=N–C) groups is 1. The van der Waals surface area contributed by atoms with Crippen LogP contribution in [0, 0.1) is 0 Å². The third-order valence-corrected chi connectivity index (χ3v) is 5.45. The van der Waals surface area contributed by atoms with Gasteiger partial charge in [-0.05, 0) is 47.4 Å². The molecule has 4 rings (SSSR count). The number of alkyl halides is 3. The van der Waals surface area contributed by atoms with E-state index >= 15 is 0 Å². The van der Waals surface area contributed by atoms with Crippen LogP contribution in [-0.4, -0.2) is 47.7 Å². The predicted molar refractivity (Wildman–Crippen MR) is 128 cm³/mol. The zero-order valence-corrected chi connectivity index (χ0v) is 19.5. The number of likely N-dealkylation sites (N-methyl/N-ethyl adjacent to an activating group) is 1. The van der Waals surface area contributed by atoms with Crippen LogP contribution in [0.5, 0.6) is 5.75 Å². The molecule has 10 heteroatoms. The number of carboxylic acid groups (broad SMARTS) is 1. The molecule has 3 aromatic carbocycles. The van der Waals surface area contributed by atoms with Crippen molar-refractivity contribution in [3.8, 4) is 16.9 Å². The minimum absolute atomic E-state index is 0.162. The highest BCUT2D eigenvalue weighted by Gasteiger charge is 2.49. The smallest absolute Gasteiger partial charge is 0.490 e. The van der Waals surface area contributed by atoms with Crippen molar-refractivity contribution in [2.45, 2.75) is 18.6 Å². The quantitative estimate of drug-likeness (QED) is 0.541. The standard InChI is InChI=1S/C24H23N3O2.C2HF3O2/c1-3-29-21-14-12-17(13-15-21)18-8-7-11-20(16-18)24(19-9-5-4-6-10-19)22(28)27(2)23(25)26-24;3-2(4,5)1(6)7/h4-16H,3H2,1-2H3,(H2,25,26);(H,6,7). The number of ether oxygens (including phenoxy) is 1. The van der Waals surface area contributed by atoms with Crippen LogP contribution in [0.25, 0.3) is 11.1 Å². The van der Waals surface area contributed by atoms with Crippen molar-refractivity contribution in [3.63, 3.8) is 0 Å². The zero-order chi connectivity index (χ0) is 26.5. The molecule has 1 aliphatic rings. The Labute approximate surface area is 205 Å². The van der Waals surface area contributed by atoms with Crippen LogP contribution in [0.15, 0.2) is 83.9 Å². The Kier molecular flexibility index (Phi) is 7.67. The van der Waals surface area contributed by atoms with E-state index in [9.17, 15) is 18.0 Å². The molecule has 1 heterocycles. The molecule has 1 atom stereocenters. The molecule has 0 radical (unpaired) electrons. The summed E-state index contributed by atoms with van der Waals surface area (Å²) in [4.78, 5) is 28.3. The third-order valence-electron chi connectivity index (χ3n) is 5.45. The molecule has 1 unspecified atom stereocenters. The van der Waals surface area contributed by atoms with Crippen molar-refractivity contribution >= 4 is 17.8 Å². The van der Waals surface area contributed by atoms with Gasteiger partial charge in [0.25, 0.3) is 5.91 Å². The average Bonchev–Trinajstić information content (AvgIpc) is 3.10. The minimum atomic E-state index is -5.08. The number of amides is 1. The molecular formula is C26H24F3N3O4. The lowest BCUT2D eigenvalue weighted by molar-refractivity contribution is -0.192. The van der Waals surface area contributed by atoms with Crippen LogP contribution in [0.3, 0.4) is 0 Å². The van der Waals surface area contributed by atoms with E-state index in [1.54, 1.807) is 7.05 Å². The number of hydrogen-bond donors (Lipinski definition) is 2. The Balaban J connectivity index is 0.000000454. The molecule has 0 saturated carbocycles. The summed E-state index contributed by atoms with van der Waals surface area (Å²) >= 11 is 0. The second-order valence-corrected chi connectivity index (χ2v) is 7.75.